The monoisotopic (exact) mass is 315 g/mol. The highest BCUT2D eigenvalue weighted by atomic mass is 79.9. The first-order valence-electron chi connectivity index (χ1n) is 7.65. The Labute approximate surface area is 119 Å². The molecule has 1 amide bonds. The molecule has 0 aromatic heterocycles. The average Bonchev–Trinajstić information content (AvgIpc) is 2.81. The number of carbonyl (C=O) groups is 1. The Hall–Kier alpha value is -0.0500. The van der Waals surface area contributed by atoms with Gasteiger partial charge < -0.3 is 5.32 Å². The Kier molecular flexibility index (Phi) is 6.00. The lowest BCUT2D eigenvalue weighted by Gasteiger charge is -2.21. The smallest absolute Gasteiger partial charge is 0.220 e. The molecular weight excluding hydrogens is 290 g/mol. The van der Waals surface area contributed by atoms with Crippen LogP contribution in [0.5, 0.6) is 0 Å². The summed E-state index contributed by atoms with van der Waals surface area (Å²) in [5.74, 6) is 1.80. The van der Waals surface area contributed by atoms with Crippen molar-refractivity contribution in [1.29, 1.82) is 0 Å². The van der Waals surface area contributed by atoms with Gasteiger partial charge in [-0.05, 0) is 37.5 Å². The topological polar surface area (TPSA) is 29.1 Å². The lowest BCUT2D eigenvalue weighted by molar-refractivity contribution is -0.121. The minimum atomic E-state index is 0.276. The molecule has 0 aliphatic heterocycles. The van der Waals surface area contributed by atoms with Crippen LogP contribution in [0, 0.1) is 11.8 Å². The number of hydrogen-bond acceptors (Lipinski definition) is 1. The van der Waals surface area contributed by atoms with E-state index in [-0.39, 0.29) is 5.91 Å². The van der Waals surface area contributed by atoms with Crippen LogP contribution >= 0.6 is 15.9 Å². The van der Waals surface area contributed by atoms with Crippen LogP contribution in [0.25, 0.3) is 0 Å². The number of amides is 1. The second-order valence-corrected chi connectivity index (χ2v) is 7.42. The van der Waals surface area contributed by atoms with Crippen molar-refractivity contribution in [2.24, 2.45) is 11.8 Å². The highest BCUT2D eigenvalue weighted by molar-refractivity contribution is 9.09. The number of halogens is 1. The molecule has 2 saturated carbocycles. The first-order valence-corrected chi connectivity index (χ1v) is 8.56. The van der Waals surface area contributed by atoms with Crippen molar-refractivity contribution in [1.82, 2.24) is 5.32 Å². The molecule has 2 nitrogen and oxygen atoms in total. The third kappa shape index (κ3) is 4.91. The van der Waals surface area contributed by atoms with Gasteiger partial charge in [-0.2, -0.15) is 0 Å². The molecule has 0 aromatic carbocycles. The molecule has 0 radical (unpaired) electrons. The molecule has 0 bridgehead atoms. The summed E-state index contributed by atoms with van der Waals surface area (Å²) >= 11 is 3.66. The van der Waals surface area contributed by atoms with Gasteiger partial charge in [-0.25, -0.2) is 0 Å². The molecule has 0 spiro atoms. The Morgan fingerprint density at radius 2 is 1.83 bits per heavy atom. The van der Waals surface area contributed by atoms with Crippen LogP contribution in [0.4, 0.5) is 0 Å². The van der Waals surface area contributed by atoms with Gasteiger partial charge in [-0.1, -0.05) is 48.0 Å². The Bertz CT molecular complexity index is 252. The van der Waals surface area contributed by atoms with E-state index in [1.807, 2.05) is 0 Å². The summed E-state index contributed by atoms with van der Waals surface area (Å²) in [6.07, 6.45) is 12.5. The largest absolute Gasteiger partial charge is 0.356 e. The van der Waals surface area contributed by atoms with E-state index in [2.05, 4.69) is 21.2 Å². The van der Waals surface area contributed by atoms with E-state index in [0.29, 0.717) is 10.7 Å². The fourth-order valence-electron chi connectivity index (χ4n) is 3.36. The van der Waals surface area contributed by atoms with Gasteiger partial charge in [0.15, 0.2) is 0 Å². The Balaban J connectivity index is 1.54. The van der Waals surface area contributed by atoms with E-state index >= 15 is 0 Å². The molecular formula is C15H26BrNO. The predicted molar refractivity (Wildman–Crippen MR) is 78.9 cm³/mol. The molecule has 0 saturated heterocycles. The minimum absolute atomic E-state index is 0.276. The van der Waals surface area contributed by atoms with Gasteiger partial charge in [0, 0.05) is 17.8 Å². The summed E-state index contributed by atoms with van der Waals surface area (Å²) in [7, 11) is 0. The summed E-state index contributed by atoms with van der Waals surface area (Å²) in [5.41, 5.74) is 0. The fraction of sp³-hybridized carbons (Fsp3) is 0.933. The van der Waals surface area contributed by atoms with Gasteiger partial charge in [0.1, 0.15) is 0 Å². The van der Waals surface area contributed by atoms with Crippen molar-refractivity contribution < 1.29 is 4.79 Å². The molecule has 2 atom stereocenters. The summed E-state index contributed by atoms with van der Waals surface area (Å²) in [5, 5.41) is 3.12. The number of rotatable bonds is 5. The number of hydrogen-bond donors (Lipinski definition) is 1. The molecule has 0 aromatic rings. The van der Waals surface area contributed by atoms with E-state index in [4.69, 9.17) is 0 Å². The summed E-state index contributed by atoms with van der Waals surface area (Å²) in [4.78, 5) is 12.5. The molecule has 0 heterocycles. The molecule has 3 heteroatoms. The van der Waals surface area contributed by atoms with E-state index in [1.165, 1.54) is 51.4 Å². The van der Waals surface area contributed by atoms with Crippen molar-refractivity contribution in [2.75, 3.05) is 6.54 Å². The van der Waals surface area contributed by atoms with E-state index < -0.39 is 0 Å². The summed E-state index contributed by atoms with van der Waals surface area (Å²) in [6.45, 7) is 0.894. The van der Waals surface area contributed by atoms with Crippen LogP contribution < -0.4 is 5.32 Å². The van der Waals surface area contributed by atoms with Crippen molar-refractivity contribution in [3.63, 3.8) is 0 Å². The van der Waals surface area contributed by atoms with Crippen molar-refractivity contribution in [3.8, 4) is 0 Å². The normalized spacial score (nSPS) is 29.4. The number of nitrogens with one attached hydrogen (secondary N) is 1. The quantitative estimate of drug-likeness (QED) is 0.763. The molecule has 18 heavy (non-hydrogen) atoms. The predicted octanol–water partition coefficient (Wildman–Crippen LogP) is 4.03. The lowest BCUT2D eigenvalue weighted by atomic mass is 9.86. The number of carbonyl (C=O) groups excluding carboxylic acids is 1. The SMILES string of the molecule is O=C(CCC1CCCCC1)NCC1CCC(Br)C1. The van der Waals surface area contributed by atoms with Crippen LogP contribution in [-0.2, 0) is 4.79 Å². The van der Waals surface area contributed by atoms with Crippen molar-refractivity contribution in [2.45, 2.75) is 69.0 Å². The first-order chi connectivity index (χ1) is 8.74. The summed E-state index contributed by atoms with van der Waals surface area (Å²) in [6, 6.07) is 0. The van der Waals surface area contributed by atoms with E-state index in [0.717, 1.165) is 25.3 Å². The minimum Gasteiger partial charge on any atom is -0.356 e. The van der Waals surface area contributed by atoms with Gasteiger partial charge in [0.25, 0.3) is 0 Å². The van der Waals surface area contributed by atoms with Crippen LogP contribution in [0.2, 0.25) is 0 Å². The maximum atomic E-state index is 11.8. The highest BCUT2D eigenvalue weighted by Gasteiger charge is 2.22. The molecule has 2 rings (SSSR count). The standard InChI is InChI=1S/C15H26BrNO/c16-14-8-6-13(10-14)11-17-15(18)9-7-12-4-2-1-3-5-12/h12-14H,1-11H2,(H,17,18). The molecule has 104 valence electrons. The van der Waals surface area contributed by atoms with Crippen LogP contribution in [-0.4, -0.2) is 17.3 Å². The van der Waals surface area contributed by atoms with Gasteiger partial charge in [0.05, 0.1) is 0 Å². The molecule has 2 fully saturated rings. The molecule has 1 N–H and O–H groups in total. The van der Waals surface area contributed by atoms with Crippen molar-refractivity contribution in [3.05, 3.63) is 0 Å². The van der Waals surface area contributed by atoms with Gasteiger partial charge in [0.2, 0.25) is 5.91 Å². The molecule has 2 unspecified atom stereocenters. The maximum Gasteiger partial charge on any atom is 0.220 e. The third-order valence-corrected chi connectivity index (χ3v) is 5.40. The molecule has 2 aliphatic carbocycles. The van der Waals surface area contributed by atoms with E-state index in [9.17, 15) is 4.79 Å². The first kappa shape index (κ1) is 14.4. The zero-order valence-electron chi connectivity index (χ0n) is 11.3. The van der Waals surface area contributed by atoms with Crippen LogP contribution in [0.1, 0.15) is 64.2 Å². The van der Waals surface area contributed by atoms with Crippen LogP contribution in [0.3, 0.4) is 0 Å². The maximum absolute atomic E-state index is 11.8. The average molecular weight is 316 g/mol. The highest BCUT2D eigenvalue weighted by Crippen LogP contribution is 2.30. The van der Waals surface area contributed by atoms with Gasteiger partial charge in [-0.15, -0.1) is 0 Å². The Morgan fingerprint density at radius 3 is 2.50 bits per heavy atom. The molecule has 2 aliphatic rings. The second kappa shape index (κ2) is 7.52. The third-order valence-electron chi connectivity index (χ3n) is 4.57. The zero-order chi connectivity index (χ0) is 12.8. The zero-order valence-corrected chi connectivity index (χ0v) is 12.9. The summed E-state index contributed by atoms with van der Waals surface area (Å²) < 4.78 is 0. The fourth-order valence-corrected chi connectivity index (χ4v) is 4.15. The lowest BCUT2D eigenvalue weighted by Crippen LogP contribution is -2.28. The van der Waals surface area contributed by atoms with Gasteiger partial charge in [-0.3, -0.25) is 4.79 Å². The van der Waals surface area contributed by atoms with Gasteiger partial charge >= 0.3 is 0 Å². The number of alkyl halides is 1. The van der Waals surface area contributed by atoms with Crippen LogP contribution in [0.15, 0.2) is 0 Å². The van der Waals surface area contributed by atoms with Crippen molar-refractivity contribution >= 4 is 21.8 Å². The Morgan fingerprint density at radius 1 is 1.06 bits per heavy atom. The second-order valence-electron chi connectivity index (χ2n) is 6.12. The van der Waals surface area contributed by atoms with E-state index in [1.54, 1.807) is 0 Å².